The Morgan fingerprint density at radius 3 is 2.67 bits per heavy atom. The Balaban J connectivity index is 2.53. The number of hydrogen-bond acceptors (Lipinski definition) is 5. The number of esters is 1. The van der Waals surface area contributed by atoms with Crippen molar-refractivity contribution in [3.8, 4) is 5.75 Å². The first-order chi connectivity index (χ1) is 8.54. The Bertz CT molecular complexity index is 434. The molecule has 1 rings (SSSR count). The molecule has 0 aromatic heterocycles. The van der Waals surface area contributed by atoms with Gasteiger partial charge in [0, 0.05) is 14.1 Å². The summed E-state index contributed by atoms with van der Waals surface area (Å²) in [5, 5.41) is -0.0841. The Morgan fingerprint density at radius 1 is 1.33 bits per heavy atom. The van der Waals surface area contributed by atoms with Crippen molar-refractivity contribution in [1.29, 1.82) is 0 Å². The van der Waals surface area contributed by atoms with Gasteiger partial charge in [0.25, 0.3) is 5.24 Å². The van der Waals surface area contributed by atoms with Gasteiger partial charge in [-0.2, -0.15) is 0 Å². The van der Waals surface area contributed by atoms with Gasteiger partial charge in [0.05, 0.1) is 12.7 Å². The molecule has 0 atom stereocenters. The van der Waals surface area contributed by atoms with Gasteiger partial charge in [-0.1, -0.05) is 6.07 Å². The SMILES string of the molecule is COC(=O)c1cccc(OCSC(=O)N(C)C)c1. The van der Waals surface area contributed by atoms with Gasteiger partial charge in [-0.25, -0.2) is 4.79 Å². The van der Waals surface area contributed by atoms with E-state index in [-0.39, 0.29) is 11.2 Å². The van der Waals surface area contributed by atoms with Gasteiger partial charge < -0.3 is 14.4 Å². The van der Waals surface area contributed by atoms with Crippen LogP contribution >= 0.6 is 11.8 Å². The molecule has 0 bridgehead atoms. The van der Waals surface area contributed by atoms with E-state index in [0.29, 0.717) is 11.3 Å². The Labute approximate surface area is 110 Å². The summed E-state index contributed by atoms with van der Waals surface area (Å²) in [5.74, 6) is 0.302. The van der Waals surface area contributed by atoms with Gasteiger partial charge in [-0.15, -0.1) is 0 Å². The minimum Gasteiger partial charge on any atom is -0.482 e. The fourth-order valence-electron chi connectivity index (χ4n) is 1.11. The Morgan fingerprint density at radius 2 is 2.06 bits per heavy atom. The minimum atomic E-state index is -0.419. The first-order valence-corrected chi connectivity index (χ1v) is 6.18. The molecule has 0 radical (unpaired) electrons. The molecule has 0 N–H and O–H groups in total. The first kappa shape index (κ1) is 14.4. The van der Waals surface area contributed by atoms with E-state index in [4.69, 9.17) is 4.74 Å². The molecule has 0 heterocycles. The van der Waals surface area contributed by atoms with Crippen molar-refractivity contribution in [2.24, 2.45) is 0 Å². The molecule has 5 nitrogen and oxygen atoms in total. The van der Waals surface area contributed by atoms with Crippen LogP contribution in [0.5, 0.6) is 5.75 Å². The maximum atomic E-state index is 11.3. The van der Waals surface area contributed by atoms with Gasteiger partial charge in [-0.05, 0) is 30.0 Å². The summed E-state index contributed by atoms with van der Waals surface area (Å²) in [7, 11) is 4.67. The molecule has 1 aromatic rings. The van der Waals surface area contributed by atoms with E-state index in [0.717, 1.165) is 11.8 Å². The molecule has 1 amide bonds. The summed E-state index contributed by atoms with van der Waals surface area (Å²) < 4.78 is 9.97. The number of hydrogen-bond donors (Lipinski definition) is 0. The van der Waals surface area contributed by atoms with Crippen LogP contribution in [0.4, 0.5) is 4.79 Å². The third-order valence-corrected chi connectivity index (χ3v) is 2.88. The summed E-state index contributed by atoms with van der Waals surface area (Å²) >= 11 is 1.05. The molecule has 0 aliphatic heterocycles. The van der Waals surface area contributed by atoms with Crippen molar-refractivity contribution in [1.82, 2.24) is 4.90 Å². The van der Waals surface area contributed by atoms with Gasteiger partial charge >= 0.3 is 5.97 Å². The topological polar surface area (TPSA) is 55.8 Å². The molecule has 0 saturated heterocycles. The first-order valence-electron chi connectivity index (χ1n) is 5.20. The fraction of sp³-hybridized carbons (Fsp3) is 0.333. The van der Waals surface area contributed by atoms with Crippen LogP contribution < -0.4 is 4.74 Å². The van der Waals surface area contributed by atoms with E-state index in [9.17, 15) is 9.59 Å². The predicted octanol–water partition coefficient (Wildman–Crippen LogP) is 2.22. The zero-order valence-corrected chi connectivity index (χ0v) is 11.3. The highest BCUT2D eigenvalue weighted by molar-refractivity contribution is 8.13. The average Bonchev–Trinajstić information content (AvgIpc) is 2.37. The standard InChI is InChI=1S/C12H15NO4S/c1-13(2)12(15)18-8-17-10-6-4-5-9(7-10)11(14)16-3/h4-7H,8H2,1-3H3. The number of benzene rings is 1. The van der Waals surface area contributed by atoms with E-state index >= 15 is 0 Å². The lowest BCUT2D eigenvalue weighted by Crippen LogP contribution is -2.17. The van der Waals surface area contributed by atoms with Gasteiger partial charge in [0.2, 0.25) is 0 Å². The second kappa shape index (κ2) is 6.90. The number of rotatable bonds is 4. The zero-order valence-electron chi connectivity index (χ0n) is 10.5. The normalized spacial score (nSPS) is 9.72. The molecule has 0 unspecified atom stereocenters. The number of amides is 1. The molecule has 0 fully saturated rings. The molecule has 0 spiro atoms. The molecule has 0 saturated carbocycles. The highest BCUT2D eigenvalue weighted by atomic mass is 32.2. The molecule has 0 aliphatic carbocycles. The number of carbonyl (C=O) groups is 2. The molecule has 98 valence electrons. The molecule has 6 heteroatoms. The quantitative estimate of drug-likeness (QED) is 0.619. The minimum absolute atomic E-state index is 0.0841. The molecule has 1 aromatic carbocycles. The fourth-order valence-corrected chi connectivity index (χ4v) is 1.66. The maximum absolute atomic E-state index is 11.3. The van der Waals surface area contributed by atoms with E-state index in [2.05, 4.69) is 4.74 Å². The monoisotopic (exact) mass is 269 g/mol. The largest absolute Gasteiger partial charge is 0.482 e. The lowest BCUT2D eigenvalue weighted by molar-refractivity contribution is 0.0600. The number of methoxy groups -OCH3 is 1. The number of nitrogens with zero attached hydrogens (tertiary/aromatic N) is 1. The lowest BCUT2D eigenvalue weighted by atomic mass is 10.2. The Hall–Kier alpha value is -1.69. The molecule has 0 aliphatic rings. The van der Waals surface area contributed by atoms with Crippen molar-refractivity contribution in [2.45, 2.75) is 0 Å². The van der Waals surface area contributed by atoms with Crippen molar-refractivity contribution < 1.29 is 19.1 Å². The van der Waals surface area contributed by atoms with E-state index < -0.39 is 5.97 Å². The third-order valence-electron chi connectivity index (χ3n) is 2.03. The van der Waals surface area contributed by atoms with Crippen LogP contribution in [-0.4, -0.2) is 43.3 Å². The molecular weight excluding hydrogens is 254 g/mol. The predicted molar refractivity (Wildman–Crippen MR) is 70.0 cm³/mol. The van der Waals surface area contributed by atoms with Crippen LogP contribution in [-0.2, 0) is 4.74 Å². The highest BCUT2D eigenvalue weighted by Gasteiger charge is 2.07. The van der Waals surface area contributed by atoms with Gasteiger partial charge in [0.15, 0.2) is 0 Å². The summed E-state index contributed by atoms with van der Waals surface area (Å²) in [6.45, 7) is 0. The van der Waals surface area contributed by atoms with E-state index in [1.165, 1.54) is 12.0 Å². The zero-order chi connectivity index (χ0) is 13.5. The highest BCUT2D eigenvalue weighted by Crippen LogP contribution is 2.16. The Kier molecular flexibility index (Phi) is 5.51. The summed E-state index contributed by atoms with van der Waals surface area (Å²) in [6, 6.07) is 6.62. The third kappa shape index (κ3) is 4.29. The van der Waals surface area contributed by atoms with Crippen LogP contribution in [0.1, 0.15) is 10.4 Å². The van der Waals surface area contributed by atoms with Crippen LogP contribution in [0.2, 0.25) is 0 Å². The van der Waals surface area contributed by atoms with Gasteiger partial charge in [0.1, 0.15) is 11.7 Å². The van der Waals surface area contributed by atoms with Crippen LogP contribution in [0.15, 0.2) is 24.3 Å². The second-order valence-electron chi connectivity index (χ2n) is 3.59. The number of ether oxygens (including phenoxy) is 2. The maximum Gasteiger partial charge on any atom is 0.337 e. The summed E-state index contributed by atoms with van der Waals surface area (Å²) in [4.78, 5) is 24.1. The van der Waals surface area contributed by atoms with Crippen molar-refractivity contribution in [3.63, 3.8) is 0 Å². The number of carbonyl (C=O) groups excluding carboxylic acids is 2. The lowest BCUT2D eigenvalue weighted by Gasteiger charge is -2.10. The van der Waals surface area contributed by atoms with E-state index in [1.807, 2.05) is 0 Å². The summed E-state index contributed by atoms with van der Waals surface area (Å²) in [6.07, 6.45) is 0. The van der Waals surface area contributed by atoms with Crippen molar-refractivity contribution in [2.75, 3.05) is 27.1 Å². The molecule has 18 heavy (non-hydrogen) atoms. The van der Waals surface area contributed by atoms with Crippen LogP contribution in [0.25, 0.3) is 0 Å². The van der Waals surface area contributed by atoms with Crippen molar-refractivity contribution >= 4 is 23.0 Å². The van der Waals surface area contributed by atoms with Crippen molar-refractivity contribution in [3.05, 3.63) is 29.8 Å². The van der Waals surface area contributed by atoms with E-state index in [1.54, 1.807) is 38.4 Å². The summed E-state index contributed by atoms with van der Waals surface area (Å²) in [5.41, 5.74) is 0.416. The average molecular weight is 269 g/mol. The molecular formula is C12H15NO4S. The van der Waals surface area contributed by atoms with Gasteiger partial charge in [-0.3, -0.25) is 4.79 Å². The van der Waals surface area contributed by atoms with Crippen LogP contribution in [0, 0.1) is 0 Å². The number of thioether (sulfide) groups is 1. The van der Waals surface area contributed by atoms with Crippen LogP contribution in [0.3, 0.4) is 0 Å². The smallest absolute Gasteiger partial charge is 0.337 e. The second-order valence-corrected chi connectivity index (χ2v) is 4.46.